The van der Waals surface area contributed by atoms with E-state index in [1.165, 1.54) is 0 Å². The van der Waals surface area contributed by atoms with Gasteiger partial charge in [0.2, 0.25) is 0 Å². The molecule has 0 aromatic carbocycles. The van der Waals surface area contributed by atoms with Gasteiger partial charge in [-0.1, -0.05) is 0 Å². The van der Waals surface area contributed by atoms with E-state index >= 15 is 0 Å². The molecule has 0 aliphatic carbocycles. The first-order valence-corrected chi connectivity index (χ1v) is 4.61. The van der Waals surface area contributed by atoms with Gasteiger partial charge < -0.3 is 5.32 Å². The van der Waals surface area contributed by atoms with Gasteiger partial charge in [-0.25, -0.2) is 0 Å². The molecule has 0 bridgehead atoms. The van der Waals surface area contributed by atoms with Gasteiger partial charge in [0.15, 0.2) is 6.29 Å². The first kappa shape index (κ1) is 8.44. The maximum Gasteiger partial charge on any atom is 0.168 e. The summed E-state index contributed by atoms with van der Waals surface area (Å²) in [5.74, 6) is 0. The molecule has 0 saturated carbocycles. The van der Waals surface area contributed by atoms with Gasteiger partial charge >= 0.3 is 0 Å². The van der Waals surface area contributed by atoms with Gasteiger partial charge in [-0.15, -0.1) is 0 Å². The number of nitrogens with zero attached hydrogens (tertiary/aromatic N) is 2. The standard InChI is InChI=1S/C9H13N3O/c1-2-12-9(6-13)7-5-10-4-3-8(7)11-12/h6,10H,2-5H2,1H3. The monoisotopic (exact) mass is 179 g/mol. The molecule has 0 radical (unpaired) electrons. The third kappa shape index (κ3) is 1.27. The highest BCUT2D eigenvalue weighted by Crippen LogP contribution is 2.16. The molecule has 1 aliphatic heterocycles. The van der Waals surface area contributed by atoms with E-state index in [4.69, 9.17) is 0 Å². The Balaban J connectivity index is 2.50. The maximum atomic E-state index is 10.8. The Bertz CT molecular complexity index is 330. The predicted molar refractivity (Wildman–Crippen MR) is 48.7 cm³/mol. The Kier molecular flexibility index (Phi) is 2.14. The van der Waals surface area contributed by atoms with Crippen molar-refractivity contribution in [2.45, 2.75) is 26.4 Å². The first-order valence-electron chi connectivity index (χ1n) is 4.61. The van der Waals surface area contributed by atoms with E-state index in [0.29, 0.717) is 0 Å². The lowest BCUT2D eigenvalue weighted by Crippen LogP contribution is -2.23. The summed E-state index contributed by atoms with van der Waals surface area (Å²) < 4.78 is 1.78. The van der Waals surface area contributed by atoms with Crippen LogP contribution in [0.2, 0.25) is 0 Å². The van der Waals surface area contributed by atoms with Crippen molar-refractivity contribution in [2.75, 3.05) is 6.54 Å². The summed E-state index contributed by atoms with van der Waals surface area (Å²) in [5.41, 5.74) is 2.91. The van der Waals surface area contributed by atoms with Crippen LogP contribution in [0.25, 0.3) is 0 Å². The summed E-state index contributed by atoms with van der Waals surface area (Å²) in [6.07, 6.45) is 1.84. The molecule has 0 spiro atoms. The van der Waals surface area contributed by atoms with Gasteiger partial charge in [-0.05, 0) is 6.92 Å². The van der Waals surface area contributed by atoms with Crippen molar-refractivity contribution in [3.63, 3.8) is 0 Å². The van der Waals surface area contributed by atoms with Crippen LogP contribution in [-0.2, 0) is 19.5 Å². The SMILES string of the molecule is CCn1nc2c(c1C=O)CNCC2. The number of aldehydes is 1. The molecule has 4 nitrogen and oxygen atoms in total. The lowest BCUT2D eigenvalue weighted by molar-refractivity contribution is 0.111. The van der Waals surface area contributed by atoms with E-state index in [2.05, 4.69) is 10.4 Å². The van der Waals surface area contributed by atoms with Crippen molar-refractivity contribution in [1.82, 2.24) is 15.1 Å². The molecule has 1 aromatic rings. The van der Waals surface area contributed by atoms with Gasteiger partial charge in [-0.2, -0.15) is 5.10 Å². The second-order valence-electron chi connectivity index (χ2n) is 3.17. The highest BCUT2D eigenvalue weighted by atomic mass is 16.1. The summed E-state index contributed by atoms with van der Waals surface area (Å²) in [6.45, 7) is 4.51. The molecule has 0 unspecified atom stereocenters. The highest BCUT2D eigenvalue weighted by molar-refractivity contribution is 5.75. The minimum absolute atomic E-state index is 0.740. The molecule has 0 atom stereocenters. The number of aryl methyl sites for hydroxylation is 1. The van der Waals surface area contributed by atoms with Gasteiger partial charge in [0, 0.05) is 31.6 Å². The van der Waals surface area contributed by atoms with E-state index in [0.717, 1.165) is 49.3 Å². The van der Waals surface area contributed by atoms with E-state index in [9.17, 15) is 4.79 Å². The van der Waals surface area contributed by atoms with Crippen LogP contribution in [0.4, 0.5) is 0 Å². The summed E-state index contributed by atoms with van der Waals surface area (Å²) in [6, 6.07) is 0. The Hall–Kier alpha value is -1.16. The fraction of sp³-hybridized carbons (Fsp3) is 0.556. The molecular weight excluding hydrogens is 166 g/mol. The smallest absolute Gasteiger partial charge is 0.168 e. The third-order valence-electron chi connectivity index (χ3n) is 2.43. The molecule has 70 valence electrons. The van der Waals surface area contributed by atoms with E-state index < -0.39 is 0 Å². The van der Waals surface area contributed by atoms with Crippen LogP contribution in [0.1, 0.15) is 28.7 Å². The van der Waals surface area contributed by atoms with Crippen molar-refractivity contribution in [1.29, 1.82) is 0 Å². The topological polar surface area (TPSA) is 46.9 Å². The van der Waals surface area contributed by atoms with Crippen LogP contribution in [0.5, 0.6) is 0 Å². The second kappa shape index (κ2) is 3.30. The van der Waals surface area contributed by atoms with Gasteiger partial charge in [0.25, 0.3) is 0 Å². The summed E-state index contributed by atoms with van der Waals surface area (Å²) in [5, 5.41) is 7.63. The largest absolute Gasteiger partial charge is 0.312 e. The molecule has 1 aromatic heterocycles. The molecule has 13 heavy (non-hydrogen) atoms. The Morgan fingerprint density at radius 3 is 3.23 bits per heavy atom. The summed E-state index contributed by atoms with van der Waals surface area (Å²) >= 11 is 0. The van der Waals surface area contributed by atoms with Crippen molar-refractivity contribution in [2.24, 2.45) is 0 Å². The van der Waals surface area contributed by atoms with Gasteiger partial charge in [-0.3, -0.25) is 9.48 Å². The first-order chi connectivity index (χ1) is 6.36. The average molecular weight is 179 g/mol. The van der Waals surface area contributed by atoms with Crippen molar-refractivity contribution >= 4 is 6.29 Å². The Labute approximate surface area is 76.9 Å². The zero-order chi connectivity index (χ0) is 9.26. The molecule has 2 heterocycles. The molecule has 2 rings (SSSR count). The Morgan fingerprint density at radius 2 is 2.54 bits per heavy atom. The lowest BCUT2D eigenvalue weighted by atomic mass is 10.1. The van der Waals surface area contributed by atoms with E-state index in [1.807, 2.05) is 6.92 Å². The summed E-state index contributed by atoms with van der Waals surface area (Å²) in [7, 11) is 0. The Morgan fingerprint density at radius 1 is 1.69 bits per heavy atom. The van der Waals surface area contributed by atoms with Crippen molar-refractivity contribution in [3.05, 3.63) is 17.0 Å². The highest BCUT2D eigenvalue weighted by Gasteiger charge is 2.18. The van der Waals surface area contributed by atoms with Crippen molar-refractivity contribution < 1.29 is 4.79 Å². The number of aromatic nitrogens is 2. The molecule has 1 N–H and O–H groups in total. The number of hydrogen-bond acceptors (Lipinski definition) is 3. The fourth-order valence-electron chi connectivity index (χ4n) is 1.75. The van der Waals surface area contributed by atoms with Crippen LogP contribution in [0.15, 0.2) is 0 Å². The molecular formula is C9H13N3O. The van der Waals surface area contributed by atoms with Gasteiger partial charge in [0.05, 0.1) is 5.69 Å². The maximum absolute atomic E-state index is 10.8. The number of nitrogens with one attached hydrogen (secondary N) is 1. The summed E-state index contributed by atoms with van der Waals surface area (Å²) in [4.78, 5) is 10.8. The van der Waals surface area contributed by atoms with Crippen LogP contribution in [-0.4, -0.2) is 22.6 Å². The van der Waals surface area contributed by atoms with E-state index in [-0.39, 0.29) is 0 Å². The molecule has 0 amide bonds. The van der Waals surface area contributed by atoms with Crippen LogP contribution < -0.4 is 5.32 Å². The fourth-order valence-corrected chi connectivity index (χ4v) is 1.75. The number of fused-ring (bicyclic) bond motifs is 1. The predicted octanol–water partition coefficient (Wildman–Crippen LogP) is 0.361. The quantitative estimate of drug-likeness (QED) is 0.667. The minimum atomic E-state index is 0.740. The van der Waals surface area contributed by atoms with Crippen LogP contribution in [0, 0.1) is 0 Å². The van der Waals surface area contributed by atoms with Crippen LogP contribution in [0.3, 0.4) is 0 Å². The number of hydrogen-bond donors (Lipinski definition) is 1. The number of rotatable bonds is 2. The average Bonchev–Trinajstić information content (AvgIpc) is 2.55. The molecule has 0 fully saturated rings. The minimum Gasteiger partial charge on any atom is -0.312 e. The van der Waals surface area contributed by atoms with Crippen LogP contribution >= 0.6 is 0 Å². The molecule has 4 heteroatoms. The van der Waals surface area contributed by atoms with E-state index in [1.54, 1.807) is 4.68 Å². The normalized spacial score (nSPS) is 15.5. The lowest BCUT2D eigenvalue weighted by Gasteiger charge is -2.10. The molecule has 1 aliphatic rings. The zero-order valence-corrected chi connectivity index (χ0v) is 7.71. The molecule has 0 saturated heterocycles. The third-order valence-corrected chi connectivity index (χ3v) is 2.43. The zero-order valence-electron chi connectivity index (χ0n) is 7.71. The number of carbonyl (C=O) groups excluding carboxylic acids is 1. The second-order valence-corrected chi connectivity index (χ2v) is 3.17. The van der Waals surface area contributed by atoms with Crippen molar-refractivity contribution in [3.8, 4) is 0 Å². The van der Waals surface area contributed by atoms with Gasteiger partial charge in [0.1, 0.15) is 5.69 Å². The number of carbonyl (C=O) groups is 1.